The van der Waals surface area contributed by atoms with Gasteiger partial charge in [0.1, 0.15) is 5.82 Å². The van der Waals surface area contributed by atoms with Gasteiger partial charge in [-0.2, -0.15) is 0 Å². The summed E-state index contributed by atoms with van der Waals surface area (Å²) in [6, 6.07) is 13.2. The van der Waals surface area contributed by atoms with Crippen LogP contribution < -0.4 is 10.6 Å². The second-order valence-corrected chi connectivity index (χ2v) is 5.51. The van der Waals surface area contributed by atoms with Crippen molar-refractivity contribution in [2.24, 2.45) is 0 Å². The van der Waals surface area contributed by atoms with E-state index in [1.54, 1.807) is 24.4 Å². The Morgan fingerprint density at radius 2 is 2.14 bits per heavy atom. The summed E-state index contributed by atoms with van der Waals surface area (Å²) in [7, 11) is 0. The largest absolute Gasteiger partial charge is 0.384 e. The fourth-order valence-electron chi connectivity index (χ4n) is 2.94. The van der Waals surface area contributed by atoms with E-state index in [2.05, 4.69) is 33.8 Å². The van der Waals surface area contributed by atoms with Gasteiger partial charge in [0, 0.05) is 36.0 Å². The number of nitrogens with zero attached hydrogens (tertiary/aromatic N) is 1. The lowest BCUT2D eigenvalue weighted by molar-refractivity contribution is 0.639. The summed E-state index contributed by atoms with van der Waals surface area (Å²) in [5.41, 5.74) is 5.33. The Morgan fingerprint density at radius 3 is 3.09 bits per heavy atom. The van der Waals surface area contributed by atoms with Gasteiger partial charge < -0.3 is 10.6 Å². The summed E-state index contributed by atoms with van der Waals surface area (Å²) in [5, 5.41) is 7.34. The van der Waals surface area contributed by atoms with Crippen LogP contribution in [0.2, 0.25) is 0 Å². The van der Waals surface area contributed by atoms with Gasteiger partial charge >= 0.3 is 0 Å². The topological polar surface area (TPSA) is 37.0 Å². The van der Waals surface area contributed by atoms with Crippen molar-refractivity contribution in [3.8, 4) is 0 Å². The molecule has 1 aliphatic rings. The fraction of sp³-hybridized carbons (Fsp3) is 0.167. The number of rotatable bonds is 3. The van der Waals surface area contributed by atoms with E-state index in [0.717, 1.165) is 24.2 Å². The van der Waals surface area contributed by atoms with Gasteiger partial charge in [-0.15, -0.1) is 0 Å². The van der Waals surface area contributed by atoms with Gasteiger partial charge in [-0.25, -0.2) is 4.39 Å². The van der Waals surface area contributed by atoms with E-state index in [-0.39, 0.29) is 5.82 Å². The molecule has 0 atom stereocenters. The molecule has 3 aromatic rings. The van der Waals surface area contributed by atoms with Gasteiger partial charge in [-0.3, -0.25) is 4.98 Å². The molecule has 0 aliphatic carbocycles. The molecule has 0 bridgehead atoms. The van der Waals surface area contributed by atoms with Gasteiger partial charge in [0.25, 0.3) is 0 Å². The van der Waals surface area contributed by atoms with Crippen LogP contribution in [0.25, 0.3) is 10.9 Å². The van der Waals surface area contributed by atoms with Gasteiger partial charge in [0.15, 0.2) is 0 Å². The first-order valence-corrected chi connectivity index (χ1v) is 7.44. The molecule has 22 heavy (non-hydrogen) atoms. The van der Waals surface area contributed by atoms with Gasteiger partial charge in [-0.05, 0) is 47.9 Å². The number of hydrogen-bond acceptors (Lipinski definition) is 3. The standard InChI is InChI=1S/C18H16FN3/c19-16-6-4-13(18-15(16)2-1-8-21-18)11-22-14-5-3-12-7-9-20-17(12)10-14/h1-6,8,10,20,22H,7,9,11H2. The van der Waals surface area contributed by atoms with E-state index in [4.69, 9.17) is 0 Å². The van der Waals surface area contributed by atoms with Crippen LogP contribution in [-0.2, 0) is 13.0 Å². The van der Waals surface area contributed by atoms with Crippen LogP contribution in [0.1, 0.15) is 11.1 Å². The molecule has 0 saturated heterocycles. The summed E-state index contributed by atoms with van der Waals surface area (Å²) in [5.74, 6) is -0.228. The predicted molar refractivity (Wildman–Crippen MR) is 87.7 cm³/mol. The number of pyridine rings is 1. The molecular weight excluding hydrogens is 277 g/mol. The average molecular weight is 293 g/mol. The maximum absolute atomic E-state index is 13.8. The third kappa shape index (κ3) is 2.26. The van der Waals surface area contributed by atoms with E-state index in [0.29, 0.717) is 17.4 Å². The van der Waals surface area contributed by atoms with Gasteiger partial charge in [-0.1, -0.05) is 12.1 Å². The molecule has 2 aromatic carbocycles. The van der Waals surface area contributed by atoms with Crippen LogP contribution in [0, 0.1) is 5.82 Å². The quantitative estimate of drug-likeness (QED) is 0.767. The Morgan fingerprint density at radius 1 is 1.18 bits per heavy atom. The monoisotopic (exact) mass is 293 g/mol. The van der Waals surface area contributed by atoms with Crippen molar-refractivity contribution in [2.75, 3.05) is 17.2 Å². The van der Waals surface area contributed by atoms with E-state index >= 15 is 0 Å². The van der Waals surface area contributed by atoms with Crippen LogP contribution in [-0.4, -0.2) is 11.5 Å². The summed E-state index contributed by atoms with van der Waals surface area (Å²) in [6.45, 7) is 1.62. The summed E-state index contributed by atoms with van der Waals surface area (Å²) in [4.78, 5) is 4.32. The molecule has 0 amide bonds. The van der Waals surface area contributed by atoms with Gasteiger partial charge in [0.05, 0.1) is 5.52 Å². The smallest absolute Gasteiger partial charge is 0.132 e. The molecule has 1 aromatic heterocycles. The van der Waals surface area contributed by atoms with Crippen LogP contribution in [0.4, 0.5) is 15.8 Å². The Balaban J connectivity index is 1.61. The van der Waals surface area contributed by atoms with Crippen LogP contribution in [0.3, 0.4) is 0 Å². The molecule has 0 radical (unpaired) electrons. The van der Waals surface area contributed by atoms with Crippen molar-refractivity contribution >= 4 is 22.3 Å². The van der Waals surface area contributed by atoms with Crippen molar-refractivity contribution in [3.05, 3.63) is 65.6 Å². The minimum absolute atomic E-state index is 0.228. The number of hydrogen-bond donors (Lipinski definition) is 2. The minimum atomic E-state index is -0.228. The number of anilines is 2. The van der Waals surface area contributed by atoms with Gasteiger partial charge in [0.2, 0.25) is 0 Å². The molecule has 110 valence electrons. The zero-order valence-electron chi connectivity index (χ0n) is 12.1. The number of nitrogens with one attached hydrogen (secondary N) is 2. The Bertz CT molecular complexity index is 845. The van der Waals surface area contributed by atoms with Crippen molar-refractivity contribution in [3.63, 3.8) is 0 Å². The van der Waals surface area contributed by atoms with Crippen molar-refractivity contribution in [1.82, 2.24) is 4.98 Å². The lowest BCUT2D eigenvalue weighted by Crippen LogP contribution is -2.02. The van der Waals surface area contributed by atoms with Crippen molar-refractivity contribution in [1.29, 1.82) is 0 Å². The predicted octanol–water partition coefficient (Wildman–Crippen LogP) is 3.95. The average Bonchev–Trinajstić information content (AvgIpc) is 3.02. The number of aromatic nitrogens is 1. The highest BCUT2D eigenvalue weighted by atomic mass is 19.1. The van der Waals surface area contributed by atoms with E-state index in [9.17, 15) is 4.39 Å². The molecule has 2 N–H and O–H groups in total. The number of fused-ring (bicyclic) bond motifs is 2. The van der Waals surface area contributed by atoms with E-state index in [1.807, 2.05) is 0 Å². The molecule has 4 rings (SSSR count). The molecule has 0 spiro atoms. The highest BCUT2D eigenvalue weighted by Crippen LogP contribution is 2.26. The first kappa shape index (κ1) is 13.1. The third-order valence-corrected chi connectivity index (χ3v) is 4.10. The SMILES string of the molecule is Fc1ccc(CNc2ccc3c(c2)NCC3)c2ncccc12. The Kier molecular flexibility index (Phi) is 3.15. The first-order valence-electron chi connectivity index (χ1n) is 7.44. The lowest BCUT2D eigenvalue weighted by Gasteiger charge is -2.10. The van der Waals surface area contributed by atoms with Crippen molar-refractivity contribution < 1.29 is 4.39 Å². The molecule has 4 heteroatoms. The molecule has 0 fully saturated rings. The highest BCUT2D eigenvalue weighted by molar-refractivity contribution is 5.82. The first-order chi connectivity index (χ1) is 10.8. The molecule has 3 nitrogen and oxygen atoms in total. The molecule has 0 saturated carbocycles. The normalized spacial score (nSPS) is 13.0. The third-order valence-electron chi connectivity index (χ3n) is 4.10. The maximum atomic E-state index is 13.8. The number of halogens is 1. The zero-order valence-corrected chi connectivity index (χ0v) is 12.1. The minimum Gasteiger partial charge on any atom is -0.384 e. The molecule has 0 unspecified atom stereocenters. The van der Waals surface area contributed by atoms with Crippen LogP contribution >= 0.6 is 0 Å². The molecule has 1 aliphatic heterocycles. The number of benzene rings is 2. The van der Waals surface area contributed by atoms with E-state index in [1.165, 1.54) is 17.3 Å². The fourth-order valence-corrected chi connectivity index (χ4v) is 2.94. The van der Waals surface area contributed by atoms with Crippen LogP contribution in [0.5, 0.6) is 0 Å². The Labute approximate surface area is 128 Å². The second kappa shape index (κ2) is 5.30. The Hall–Kier alpha value is -2.62. The summed E-state index contributed by atoms with van der Waals surface area (Å²) >= 11 is 0. The lowest BCUT2D eigenvalue weighted by atomic mass is 10.1. The summed E-state index contributed by atoms with van der Waals surface area (Å²) in [6.07, 6.45) is 2.78. The van der Waals surface area contributed by atoms with Crippen molar-refractivity contribution in [2.45, 2.75) is 13.0 Å². The maximum Gasteiger partial charge on any atom is 0.132 e. The molecular formula is C18H16FN3. The van der Waals surface area contributed by atoms with E-state index < -0.39 is 0 Å². The molecule has 2 heterocycles. The van der Waals surface area contributed by atoms with Crippen LogP contribution in [0.15, 0.2) is 48.7 Å². The summed E-state index contributed by atoms with van der Waals surface area (Å²) < 4.78 is 13.8. The highest BCUT2D eigenvalue weighted by Gasteiger charge is 2.10. The zero-order chi connectivity index (χ0) is 14.9. The second-order valence-electron chi connectivity index (χ2n) is 5.51.